The first-order valence-corrected chi connectivity index (χ1v) is 17.4. The molecule has 0 bridgehead atoms. The molecule has 3 amide bonds. The van der Waals surface area contributed by atoms with Gasteiger partial charge in [-0.1, -0.05) is 113 Å². The van der Waals surface area contributed by atoms with Gasteiger partial charge in [-0.2, -0.15) is 0 Å². The third-order valence-electron chi connectivity index (χ3n) is 8.60. The highest BCUT2D eigenvalue weighted by Gasteiger charge is 2.43. The summed E-state index contributed by atoms with van der Waals surface area (Å²) in [5, 5.41) is 3.19. The molecule has 5 rings (SSSR count). The van der Waals surface area contributed by atoms with Crippen LogP contribution in [0.2, 0.25) is 10.0 Å². The van der Waals surface area contributed by atoms with Gasteiger partial charge in [0.1, 0.15) is 30.1 Å². The molecule has 1 aliphatic rings. The van der Waals surface area contributed by atoms with Crippen LogP contribution in [0.3, 0.4) is 0 Å². The molecule has 0 spiro atoms. The maximum absolute atomic E-state index is 14.2. The standard InChI is InChI=1S/C37H35Cl4N3O5/c1-49-36(47)23-43(32(40)19-24-9-13-28(38)14-10-24)34(45)21-31-37(48)44(33(41)20-25-11-15-29(39)16-12-25)22-35(46)42(31)18-17-27-7-4-6-26-5-2-3-8-30(26)27/h2-16,31-33H,17-23H2,1H3. The number of ether oxygens (including phenoxy) is 1. The predicted molar refractivity (Wildman–Crippen MR) is 193 cm³/mol. The summed E-state index contributed by atoms with van der Waals surface area (Å²) in [5.74, 6) is -2.09. The first kappa shape index (κ1) is 36.5. The quantitative estimate of drug-likeness (QED) is 0.0862. The highest BCUT2D eigenvalue weighted by molar-refractivity contribution is 6.30. The maximum Gasteiger partial charge on any atom is 0.325 e. The van der Waals surface area contributed by atoms with Crippen molar-refractivity contribution in [3.63, 3.8) is 0 Å². The number of alkyl halides is 2. The zero-order chi connectivity index (χ0) is 35.1. The lowest BCUT2D eigenvalue weighted by Crippen LogP contribution is -2.63. The molecule has 49 heavy (non-hydrogen) atoms. The zero-order valence-corrected chi connectivity index (χ0v) is 29.8. The van der Waals surface area contributed by atoms with Gasteiger partial charge in [0.25, 0.3) is 0 Å². The smallest absolute Gasteiger partial charge is 0.325 e. The molecule has 4 aromatic rings. The summed E-state index contributed by atoms with van der Waals surface area (Å²) in [6.45, 7) is -0.512. The van der Waals surface area contributed by atoms with E-state index in [2.05, 4.69) is 0 Å². The third kappa shape index (κ3) is 9.25. The van der Waals surface area contributed by atoms with Crippen LogP contribution >= 0.6 is 46.4 Å². The Morgan fingerprint density at radius 2 is 1.47 bits per heavy atom. The summed E-state index contributed by atoms with van der Waals surface area (Å²) in [7, 11) is 1.21. The van der Waals surface area contributed by atoms with Gasteiger partial charge < -0.3 is 19.4 Å². The molecule has 0 N–H and O–H groups in total. The first-order valence-electron chi connectivity index (χ1n) is 15.7. The summed E-state index contributed by atoms with van der Waals surface area (Å²) in [5.41, 5.74) is 0.776. The molecule has 0 saturated carbocycles. The number of esters is 1. The molecule has 1 heterocycles. The highest BCUT2D eigenvalue weighted by Crippen LogP contribution is 2.26. The van der Waals surface area contributed by atoms with Gasteiger partial charge in [-0.25, -0.2) is 0 Å². The van der Waals surface area contributed by atoms with Gasteiger partial charge in [-0.05, 0) is 58.1 Å². The van der Waals surface area contributed by atoms with Crippen molar-refractivity contribution in [1.82, 2.24) is 14.7 Å². The summed E-state index contributed by atoms with van der Waals surface area (Å²) >= 11 is 25.6. The SMILES string of the molecule is COC(=O)CN(C(=O)CC1C(=O)N(C(Cl)Cc2ccc(Cl)cc2)CC(=O)N1CCc1cccc2ccccc12)C(Cl)Cc1ccc(Cl)cc1. The molecule has 0 radical (unpaired) electrons. The number of methoxy groups -OCH3 is 1. The number of benzene rings is 4. The number of amides is 3. The Hall–Kier alpha value is -3.82. The van der Waals surface area contributed by atoms with Gasteiger partial charge in [-0.15, -0.1) is 0 Å². The fourth-order valence-electron chi connectivity index (χ4n) is 5.96. The van der Waals surface area contributed by atoms with Crippen LogP contribution in [-0.4, -0.2) is 82.2 Å². The van der Waals surface area contributed by atoms with Crippen molar-refractivity contribution in [3.8, 4) is 0 Å². The summed E-state index contributed by atoms with van der Waals surface area (Å²) in [4.78, 5) is 58.5. The van der Waals surface area contributed by atoms with Crippen LogP contribution in [0.25, 0.3) is 10.8 Å². The summed E-state index contributed by atoms with van der Waals surface area (Å²) in [6.07, 6.45) is 0.483. The fraction of sp³-hybridized carbons (Fsp3) is 0.297. The molecular formula is C37H35Cl4N3O5. The molecule has 4 aromatic carbocycles. The van der Waals surface area contributed by atoms with E-state index in [0.717, 1.165) is 27.5 Å². The topological polar surface area (TPSA) is 87.2 Å². The van der Waals surface area contributed by atoms with E-state index in [1.165, 1.54) is 21.8 Å². The number of fused-ring (bicyclic) bond motifs is 1. The second-order valence-electron chi connectivity index (χ2n) is 11.8. The van der Waals surface area contributed by atoms with E-state index >= 15 is 0 Å². The second kappa shape index (κ2) is 16.7. The molecule has 3 atom stereocenters. The van der Waals surface area contributed by atoms with Crippen LogP contribution in [-0.2, 0) is 43.2 Å². The van der Waals surface area contributed by atoms with Crippen LogP contribution in [0, 0.1) is 0 Å². The minimum atomic E-state index is -1.19. The van der Waals surface area contributed by atoms with Crippen LogP contribution in [0.5, 0.6) is 0 Å². The van der Waals surface area contributed by atoms with Gasteiger partial charge in [0.15, 0.2) is 0 Å². The van der Waals surface area contributed by atoms with Crippen molar-refractivity contribution in [2.75, 3.05) is 26.7 Å². The van der Waals surface area contributed by atoms with Crippen molar-refractivity contribution in [1.29, 1.82) is 0 Å². The lowest BCUT2D eigenvalue weighted by atomic mass is 10.00. The van der Waals surface area contributed by atoms with Crippen molar-refractivity contribution < 1.29 is 23.9 Å². The van der Waals surface area contributed by atoms with E-state index in [-0.39, 0.29) is 31.8 Å². The van der Waals surface area contributed by atoms with Crippen molar-refractivity contribution >= 4 is 80.9 Å². The van der Waals surface area contributed by atoms with Gasteiger partial charge in [0, 0.05) is 29.4 Å². The zero-order valence-electron chi connectivity index (χ0n) is 26.7. The van der Waals surface area contributed by atoms with Gasteiger partial charge in [0.05, 0.1) is 13.5 Å². The van der Waals surface area contributed by atoms with E-state index < -0.39 is 47.8 Å². The molecule has 0 aliphatic carbocycles. The van der Waals surface area contributed by atoms with Crippen LogP contribution in [0.4, 0.5) is 0 Å². The molecule has 1 aliphatic heterocycles. The first-order chi connectivity index (χ1) is 23.5. The molecule has 3 unspecified atom stereocenters. The Balaban J connectivity index is 1.42. The average Bonchev–Trinajstić information content (AvgIpc) is 3.10. The Labute approximate surface area is 305 Å². The Morgan fingerprint density at radius 3 is 2.12 bits per heavy atom. The molecule has 256 valence electrons. The lowest BCUT2D eigenvalue weighted by molar-refractivity contribution is -0.159. The maximum atomic E-state index is 14.2. The lowest BCUT2D eigenvalue weighted by Gasteiger charge is -2.42. The minimum absolute atomic E-state index is 0.181. The van der Waals surface area contributed by atoms with Gasteiger partial charge >= 0.3 is 5.97 Å². The van der Waals surface area contributed by atoms with Gasteiger partial charge in [0.2, 0.25) is 17.7 Å². The number of nitrogens with zero attached hydrogens (tertiary/aromatic N) is 3. The minimum Gasteiger partial charge on any atom is -0.468 e. The van der Waals surface area contributed by atoms with Crippen molar-refractivity contribution in [2.45, 2.75) is 42.7 Å². The van der Waals surface area contributed by atoms with E-state index in [1.807, 2.05) is 42.5 Å². The van der Waals surface area contributed by atoms with E-state index in [1.54, 1.807) is 48.5 Å². The van der Waals surface area contributed by atoms with E-state index in [0.29, 0.717) is 16.5 Å². The number of halogens is 4. The number of carbonyl (C=O) groups is 4. The van der Waals surface area contributed by atoms with E-state index in [4.69, 9.17) is 51.1 Å². The van der Waals surface area contributed by atoms with Crippen molar-refractivity contribution in [2.24, 2.45) is 0 Å². The van der Waals surface area contributed by atoms with Crippen LogP contribution < -0.4 is 0 Å². The van der Waals surface area contributed by atoms with Gasteiger partial charge in [-0.3, -0.25) is 19.2 Å². The largest absolute Gasteiger partial charge is 0.468 e. The molecule has 8 nitrogen and oxygen atoms in total. The highest BCUT2D eigenvalue weighted by atomic mass is 35.5. The van der Waals surface area contributed by atoms with Crippen LogP contribution in [0.15, 0.2) is 91.0 Å². The number of piperazine rings is 1. The molecule has 1 fully saturated rings. The number of hydrogen-bond donors (Lipinski definition) is 0. The predicted octanol–water partition coefficient (Wildman–Crippen LogP) is 6.74. The second-order valence-corrected chi connectivity index (χ2v) is 13.7. The Kier molecular flexibility index (Phi) is 12.4. The summed E-state index contributed by atoms with van der Waals surface area (Å²) < 4.78 is 4.86. The number of hydrogen-bond acceptors (Lipinski definition) is 5. The van der Waals surface area contributed by atoms with Crippen molar-refractivity contribution in [3.05, 3.63) is 118 Å². The van der Waals surface area contributed by atoms with E-state index in [9.17, 15) is 19.2 Å². The molecule has 1 saturated heterocycles. The normalized spacial score (nSPS) is 16.1. The monoisotopic (exact) mass is 741 g/mol. The molecular weight excluding hydrogens is 708 g/mol. The molecule has 12 heteroatoms. The third-order valence-corrected chi connectivity index (χ3v) is 9.88. The number of rotatable bonds is 13. The Morgan fingerprint density at radius 1 is 0.857 bits per heavy atom. The fourth-order valence-corrected chi connectivity index (χ4v) is 6.91. The average molecular weight is 744 g/mol. The Bertz CT molecular complexity index is 1800. The van der Waals surface area contributed by atoms with Crippen LogP contribution in [0.1, 0.15) is 23.1 Å². The summed E-state index contributed by atoms with van der Waals surface area (Å²) in [6, 6.07) is 26.7. The number of carbonyl (C=O) groups excluding carboxylic acids is 4. The molecule has 0 aromatic heterocycles.